The fourth-order valence-electron chi connectivity index (χ4n) is 3.74. The number of carbonyl (C=O) groups excluding carboxylic acids is 2. The van der Waals surface area contributed by atoms with E-state index in [1.165, 1.54) is 4.90 Å². The van der Waals surface area contributed by atoms with E-state index >= 15 is 0 Å². The quantitative estimate of drug-likeness (QED) is 0.431. The second-order valence-corrected chi connectivity index (χ2v) is 8.96. The van der Waals surface area contributed by atoms with E-state index in [2.05, 4.69) is 5.32 Å². The zero-order chi connectivity index (χ0) is 24.7. The number of hydrogen-bond acceptors (Lipinski definition) is 3. The van der Waals surface area contributed by atoms with Gasteiger partial charge in [-0.15, -0.1) is 0 Å². The Labute approximate surface area is 210 Å². The van der Waals surface area contributed by atoms with Crippen LogP contribution in [0.3, 0.4) is 0 Å². The summed E-state index contributed by atoms with van der Waals surface area (Å²) < 4.78 is 5.86. The molecule has 7 heteroatoms. The van der Waals surface area contributed by atoms with Crippen LogP contribution in [0, 0.1) is 13.8 Å². The zero-order valence-electron chi connectivity index (χ0n) is 19.5. The Morgan fingerprint density at radius 3 is 2.32 bits per heavy atom. The van der Waals surface area contributed by atoms with Crippen molar-refractivity contribution in [3.8, 4) is 5.75 Å². The predicted molar refractivity (Wildman–Crippen MR) is 136 cm³/mol. The topological polar surface area (TPSA) is 58.6 Å². The second kappa shape index (κ2) is 11.9. The van der Waals surface area contributed by atoms with Gasteiger partial charge in [0.25, 0.3) is 5.91 Å². The van der Waals surface area contributed by atoms with E-state index in [9.17, 15) is 9.59 Å². The monoisotopic (exact) mass is 498 g/mol. The van der Waals surface area contributed by atoms with Crippen molar-refractivity contribution in [1.29, 1.82) is 0 Å². The molecule has 34 heavy (non-hydrogen) atoms. The van der Waals surface area contributed by atoms with Crippen LogP contribution in [-0.4, -0.2) is 36.4 Å². The van der Waals surface area contributed by atoms with Crippen molar-refractivity contribution in [2.75, 3.05) is 13.7 Å². The lowest BCUT2D eigenvalue weighted by atomic mass is 10.0. The van der Waals surface area contributed by atoms with Gasteiger partial charge in [0, 0.05) is 20.0 Å². The number of amides is 2. The first-order valence-corrected chi connectivity index (χ1v) is 11.7. The molecule has 5 nitrogen and oxygen atoms in total. The fourth-order valence-corrected chi connectivity index (χ4v) is 4.06. The Bertz CT molecular complexity index is 1150. The fraction of sp³-hybridized carbons (Fsp3) is 0.259. The number of rotatable bonds is 9. The Morgan fingerprint density at radius 1 is 0.941 bits per heavy atom. The van der Waals surface area contributed by atoms with Gasteiger partial charge in [0.2, 0.25) is 5.91 Å². The van der Waals surface area contributed by atoms with Crippen LogP contribution in [0.4, 0.5) is 0 Å². The molecule has 0 aliphatic rings. The summed E-state index contributed by atoms with van der Waals surface area (Å²) in [7, 11) is 1.56. The van der Waals surface area contributed by atoms with Gasteiger partial charge in [-0.1, -0.05) is 77.3 Å². The van der Waals surface area contributed by atoms with Crippen molar-refractivity contribution in [3.05, 3.63) is 99.0 Å². The summed E-state index contributed by atoms with van der Waals surface area (Å²) in [5.74, 6) is 0.0624. The van der Waals surface area contributed by atoms with Crippen molar-refractivity contribution in [2.45, 2.75) is 32.9 Å². The third-order valence-corrected chi connectivity index (χ3v) is 6.28. The summed E-state index contributed by atoms with van der Waals surface area (Å²) >= 11 is 12.3. The Hall–Kier alpha value is -3.02. The minimum absolute atomic E-state index is 0.177. The molecule has 0 aliphatic heterocycles. The summed E-state index contributed by atoms with van der Waals surface area (Å²) in [4.78, 5) is 27.9. The number of ether oxygens (including phenoxy) is 1. The Morgan fingerprint density at radius 2 is 1.68 bits per heavy atom. The molecule has 0 fully saturated rings. The standard InChI is InChI=1S/C27H28Cl2N2O3/c1-18-9-12-25(19(2)13-18)34-17-26(32)31(16-21-10-11-22(28)23(29)14-21)24(27(33)30-3)15-20-7-5-4-6-8-20/h4-14,24H,15-17H2,1-3H3,(H,30,33)/t24-/m0/s1. The van der Waals surface area contributed by atoms with Crippen LogP contribution in [0.15, 0.2) is 66.7 Å². The maximum absolute atomic E-state index is 13.5. The van der Waals surface area contributed by atoms with Gasteiger partial charge in [-0.3, -0.25) is 9.59 Å². The maximum Gasteiger partial charge on any atom is 0.261 e. The van der Waals surface area contributed by atoms with Crippen molar-refractivity contribution < 1.29 is 14.3 Å². The molecular weight excluding hydrogens is 471 g/mol. The molecule has 0 unspecified atom stereocenters. The second-order valence-electron chi connectivity index (χ2n) is 8.15. The van der Waals surface area contributed by atoms with Gasteiger partial charge in [0.15, 0.2) is 6.61 Å². The highest BCUT2D eigenvalue weighted by Crippen LogP contribution is 2.25. The van der Waals surface area contributed by atoms with Crippen molar-refractivity contribution in [1.82, 2.24) is 10.2 Å². The molecule has 0 saturated carbocycles. The lowest BCUT2D eigenvalue weighted by molar-refractivity contribution is -0.142. The van der Waals surface area contributed by atoms with E-state index in [-0.39, 0.29) is 25.0 Å². The summed E-state index contributed by atoms with van der Waals surface area (Å²) in [5, 5.41) is 3.51. The van der Waals surface area contributed by atoms with E-state index < -0.39 is 6.04 Å². The van der Waals surface area contributed by atoms with Crippen LogP contribution in [0.25, 0.3) is 0 Å². The lowest BCUT2D eigenvalue weighted by Crippen LogP contribution is -2.51. The summed E-state index contributed by atoms with van der Waals surface area (Å²) in [6.07, 6.45) is 0.358. The molecule has 0 heterocycles. The van der Waals surface area contributed by atoms with Crippen LogP contribution < -0.4 is 10.1 Å². The van der Waals surface area contributed by atoms with Crippen molar-refractivity contribution in [3.63, 3.8) is 0 Å². The zero-order valence-corrected chi connectivity index (χ0v) is 21.0. The van der Waals surface area contributed by atoms with Crippen molar-refractivity contribution >= 4 is 35.0 Å². The summed E-state index contributed by atoms with van der Waals surface area (Å²) in [6, 6.07) is 19.8. The maximum atomic E-state index is 13.5. The van der Waals surface area contributed by atoms with Crippen LogP contribution in [0.1, 0.15) is 22.3 Å². The largest absolute Gasteiger partial charge is 0.483 e. The molecule has 0 saturated heterocycles. The molecule has 3 rings (SSSR count). The van der Waals surface area contributed by atoms with E-state index in [1.54, 1.807) is 25.2 Å². The van der Waals surface area contributed by atoms with Gasteiger partial charge in [0.1, 0.15) is 11.8 Å². The van der Waals surface area contributed by atoms with Crippen LogP contribution in [-0.2, 0) is 22.6 Å². The normalized spacial score (nSPS) is 11.6. The molecule has 3 aromatic rings. The highest BCUT2D eigenvalue weighted by molar-refractivity contribution is 6.42. The number of hydrogen-bond donors (Lipinski definition) is 1. The molecule has 1 N–H and O–H groups in total. The molecule has 0 radical (unpaired) electrons. The van der Waals surface area contributed by atoms with Gasteiger partial charge in [-0.25, -0.2) is 0 Å². The van der Waals surface area contributed by atoms with Gasteiger partial charge in [-0.05, 0) is 48.7 Å². The van der Waals surface area contributed by atoms with Gasteiger partial charge in [0.05, 0.1) is 10.0 Å². The van der Waals surface area contributed by atoms with Crippen molar-refractivity contribution in [2.24, 2.45) is 0 Å². The lowest BCUT2D eigenvalue weighted by Gasteiger charge is -2.31. The third-order valence-electron chi connectivity index (χ3n) is 5.54. The summed E-state index contributed by atoms with van der Waals surface area (Å²) in [5.41, 5.74) is 3.76. The number of halogens is 2. The molecule has 0 aromatic heterocycles. The minimum Gasteiger partial charge on any atom is -0.483 e. The van der Waals surface area contributed by atoms with E-state index in [4.69, 9.17) is 27.9 Å². The van der Waals surface area contributed by atoms with Crippen LogP contribution in [0.5, 0.6) is 5.75 Å². The van der Waals surface area contributed by atoms with E-state index in [0.717, 1.165) is 22.3 Å². The first-order chi connectivity index (χ1) is 16.3. The third kappa shape index (κ3) is 6.75. The van der Waals surface area contributed by atoms with E-state index in [1.807, 2.05) is 62.4 Å². The molecule has 2 amide bonds. The molecule has 1 atom stereocenters. The number of nitrogens with one attached hydrogen (secondary N) is 1. The number of carbonyl (C=O) groups is 2. The predicted octanol–water partition coefficient (Wildman–Crippen LogP) is 5.38. The average molecular weight is 499 g/mol. The number of nitrogens with zero attached hydrogens (tertiary/aromatic N) is 1. The first kappa shape index (κ1) is 25.6. The molecule has 0 spiro atoms. The van der Waals surface area contributed by atoms with Crippen LogP contribution in [0.2, 0.25) is 10.0 Å². The average Bonchev–Trinajstić information content (AvgIpc) is 2.83. The van der Waals surface area contributed by atoms with Gasteiger partial charge < -0.3 is 15.0 Å². The molecular formula is C27H28Cl2N2O3. The van der Waals surface area contributed by atoms with Gasteiger partial charge >= 0.3 is 0 Å². The molecule has 3 aromatic carbocycles. The Kier molecular flexibility index (Phi) is 8.97. The Balaban J connectivity index is 1.90. The molecule has 178 valence electrons. The SMILES string of the molecule is CNC(=O)[C@H](Cc1ccccc1)N(Cc1ccc(Cl)c(Cl)c1)C(=O)COc1ccc(C)cc1C. The minimum atomic E-state index is -0.739. The number of aryl methyl sites for hydroxylation is 2. The van der Waals surface area contributed by atoms with Crippen LogP contribution >= 0.6 is 23.2 Å². The number of benzene rings is 3. The van der Waals surface area contributed by atoms with Gasteiger partial charge in [-0.2, -0.15) is 0 Å². The van der Waals surface area contributed by atoms with E-state index in [0.29, 0.717) is 22.2 Å². The molecule has 0 aliphatic carbocycles. The number of likely N-dealkylation sites (N-methyl/N-ethyl adjacent to an activating group) is 1. The highest BCUT2D eigenvalue weighted by atomic mass is 35.5. The first-order valence-electron chi connectivity index (χ1n) is 11.0. The highest BCUT2D eigenvalue weighted by Gasteiger charge is 2.30. The summed E-state index contributed by atoms with van der Waals surface area (Å²) in [6.45, 7) is 3.91. The smallest absolute Gasteiger partial charge is 0.261 e. The molecule has 0 bridgehead atoms.